The van der Waals surface area contributed by atoms with Gasteiger partial charge in [-0.3, -0.25) is 0 Å². The Morgan fingerprint density at radius 3 is 2.31 bits per heavy atom. The Kier molecular flexibility index (Phi) is 3.78. The molecule has 90 valence electrons. The maximum Gasteiger partial charge on any atom is 0.157 e. The van der Waals surface area contributed by atoms with Crippen LogP contribution in [0.1, 0.15) is 32.4 Å². The second-order valence-electron chi connectivity index (χ2n) is 4.89. The Labute approximate surface area is 95.6 Å². The first-order valence-corrected chi connectivity index (χ1v) is 5.24. The third-order valence-corrected chi connectivity index (χ3v) is 2.21. The largest absolute Gasteiger partial charge is 0.504 e. The van der Waals surface area contributed by atoms with Crippen molar-refractivity contribution in [1.29, 1.82) is 0 Å². The standard InChI is InChI=1S/C12H19NO3/c1-12(2,3)13-7-11(16)8-4-5-9(14)10(15)6-8/h4-6,11,13-16H,7H2,1-3H3/t11-/m0/s1. The zero-order valence-electron chi connectivity index (χ0n) is 9.86. The molecular formula is C12H19NO3. The lowest BCUT2D eigenvalue weighted by atomic mass is 10.1. The average molecular weight is 225 g/mol. The summed E-state index contributed by atoms with van der Waals surface area (Å²) in [5.74, 6) is -0.396. The van der Waals surface area contributed by atoms with E-state index in [-0.39, 0.29) is 17.0 Å². The maximum absolute atomic E-state index is 9.84. The number of hydrogen-bond donors (Lipinski definition) is 4. The van der Waals surface area contributed by atoms with Gasteiger partial charge in [-0.15, -0.1) is 0 Å². The van der Waals surface area contributed by atoms with E-state index in [0.717, 1.165) is 0 Å². The lowest BCUT2D eigenvalue weighted by Crippen LogP contribution is -2.38. The van der Waals surface area contributed by atoms with Crippen molar-refractivity contribution in [2.24, 2.45) is 0 Å². The molecule has 0 aliphatic rings. The number of aliphatic hydroxyl groups is 1. The molecule has 0 radical (unpaired) electrons. The van der Waals surface area contributed by atoms with Gasteiger partial charge in [0, 0.05) is 12.1 Å². The van der Waals surface area contributed by atoms with E-state index < -0.39 is 6.10 Å². The van der Waals surface area contributed by atoms with Crippen LogP contribution in [0.25, 0.3) is 0 Å². The molecule has 0 amide bonds. The van der Waals surface area contributed by atoms with Crippen LogP contribution >= 0.6 is 0 Å². The van der Waals surface area contributed by atoms with E-state index in [1.165, 1.54) is 12.1 Å². The van der Waals surface area contributed by atoms with Crippen LogP contribution in [0.15, 0.2) is 18.2 Å². The number of phenolic OH excluding ortho intramolecular Hbond substituents is 2. The maximum atomic E-state index is 9.84. The van der Waals surface area contributed by atoms with Crippen LogP contribution < -0.4 is 5.32 Å². The van der Waals surface area contributed by atoms with Crippen LogP contribution in [0.3, 0.4) is 0 Å². The summed E-state index contributed by atoms with van der Waals surface area (Å²) < 4.78 is 0. The Morgan fingerprint density at radius 2 is 1.81 bits per heavy atom. The van der Waals surface area contributed by atoms with Crippen molar-refractivity contribution in [1.82, 2.24) is 5.32 Å². The molecule has 0 spiro atoms. The number of phenols is 2. The fourth-order valence-corrected chi connectivity index (χ4v) is 1.27. The van der Waals surface area contributed by atoms with Crippen LogP contribution in [-0.2, 0) is 0 Å². The predicted octanol–water partition coefficient (Wildman–Crippen LogP) is 1.52. The van der Waals surface area contributed by atoms with Gasteiger partial charge < -0.3 is 20.6 Å². The van der Waals surface area contributed by atoms with Gasteiger partial charge in [-0.25, -0.2) is 0 Å². The molecule has 4 heteroatoms. The van der Waals surface area contributed by atoms with Gasteiger partial charge in [0.25, 0.3) is 0 Å². The summed E-state index contributed by atoms with van der Waals surface area (Å²) >= 11 is 0. The lowest BCUT2D eigenvalue weighted by Gasteiger charge is -2.23. The molecule has 1 rings (SSSR count). The monoisotopic (exact) mass is 225 g/mol. The number of rotatable bonds is 3. The van der Waals surface area contributed by atoms with Gasteiger partial charge in [0.1, 0.15) is 0 Å². The van der Waals surface area contributed by atoms with Gasteiger partial charge in [-0.05, 0) is 38.5 Å². The Hall–Kier alpha value is -1.26. The predicted molar refractivity (Wildman–Crippen MR) is 62.5 cm³/mol. The highest BCUT2D eigenvalue weighted by Crippen LogP contribution is 2.27. The van der Waals surface area contributed by atoms with E-state index in [2.05, 4.69) is 5.32 Å². The summed E-state index contributed by atoms with van der Waals surface area (Å²) in [4.78, 5) is 0. The molecule has 0 unspecified atom stereocenters. The third-order valence-electron chi connectivity index (χ3n) is 2.21. The summed E-state index contributed by atoms with van der Waals surface area (Å²) in [7, 11) is 0. The number of aromatic hydroxyl groups is 2. The lowest BCUT2D eigenvalue weighted by molar-refractivity contribution is 0.163. The molecule has 4 nitrogen and oxygen atoms in total. The first kappa shape index (κ1) is 12.8. The average Bonchev–Trinajstić information content (AvgIpc) is 2.17. The number of hydrogen-bond acceptors (Lipinski definition) is 4. The second-order valence-corrected chi connectivity index (χ2v) is 4.89. The third kappa shape index (κ3) is 3.72. The highest BCUT2D eigenvalue weighted by Gasteiger charge is 2.14. The van der Waals surface area contributed by atoms with Crippen LogP contribution in [0.4, 0.5) is 0 Å². The Balaban J connectivity index is 2.66. The molecule has 1 atom stereocenters. The summed E-state index contributed by atoms with van der Waals surface area (Å²) in [5, 5.41) is 31.4. The highest BCUT2D eigenvalue weighted by molar-refractivity contribution is 5.41. The molecule has 0 aromatic heterocycles. The smallest absolute Gasteiger partial charge is 0.157 e. The fraction of sp³-hybridized carbons (Fsp3) is 0.500. The molecule has 0 bridgehead atoms. The molecule has 0 saturated carbocycles. The van der Waals surface area contributed by atoms with Gasteiger partial charge >= 0.3 is 0 Å². The molecule has 0 fully saturated rings. The molecule has 4 N–H and O–H groups in total. The topological polar surface area (TPSA) is 72.7 Å². The zero-order chi connectivity index (χ0) is 12.3. The van der Waals surface area contributed by atoms with Crippen molar-refractivity contribution >= 4 is 0 Å². The van der Waals surface area contributed by atoms with Crippen LogP contribution in [0, 0.1) is 0 Å². The van der Waals surface area contributed by atoms with Crippen LogP contribution in [0.5, 0.6) is 11.5 Å². The second kappa shape index (κ2) is 4.72. The van der Waals surface area contributed by atoms with Gasteiger partial charge in [-0.1, -0.05) is 6.07 Å². The summed E-state index contributed by atoms with van der Waals surface area (Å²) in [6.45, 7) is 6.42. The first-order chi connectivity index (χ1) is 7.29. The van der Waals surface area contributed by atoms with Crippen molar-refractivity contribution in [3.8, 4) is 11.5 Å². The van der Waals surface area contributed by atoms with E-state index in [1.807, 2.05) is 20.8 Å². The summed E-state index contributed by atoms with van der Waals surface area (Å²) in [6, 6.07) is 4.32. The molecule has 0 aliphatic carbocycles. The molecule has 1 aromatic rings. The first-order valence-electron chi connectivity index (χ1n) is 5.24. The molecule has 0 aliphatic heterocycles. The minimum absolute atomic E-state index is 0.0695. The molecule has 16 heavy (non-hydrogen) atoms. The van der Waals surface area contributed by atoms with Crippen molar-refractivity contribution in [3.63, 3.8) is 0 Å². The number of nitrogens with one attached hydrogen (secondary N) is 1. The van der Waals surface area contributed by atoms with Crippen molar-refractivity contribution in [2.75, 3.05) is 6.54 Å². The van der Waals surface area contributed by atoms with Crippen molar-refractivity contribution in [3.05, 3.63) is 23.8 Å². The zero-order valence-corrected chi connectivity index (χ0v) is 9.86. The van der Waals surface area contributed by atoms with E-state index in [4.69, 9.17) is 5.11 Å². The van der Waals surface area contributed by atoms with Gasteiger partial charge in [0.15, 0.2) is 11.5 Å². The quantitative estimate of drug-likeness (QED) is 0.588. The van der Waals surface area contributed by atoms with Crippen LogP contribution in [-0.4, -0.2) is 27.4 Å². The Morgan fingerprint density at radius 1 is 1.19 bits per heavy atom. The fourth-order valence-electron chi connectivity index (χ4n) is 1.27. The van der Waals surface area contributed by atoms with Gasteiger partial charge in [-0.2, -0.15) is 0 Å². The summed E-state index contributed by atoms with van der Waals surface area (Å²) in [5.41, 5.74) is 0.506. The summed E-state index contributed by atoms with van der Waals surface area (Å²) in [6.07, 6.45) is -0.703. The number of benzene rings is 1. The molecular weight excluding hydrogens is 206 g/mol. The molecule has 0 saturated heterocycles. The molecule has 1 aromatic carbocycles. The molecule has 0 heterocycles. The van der Waals surface area contributed by atoms with Gasteiger partial charge in [0.05, 0.1) is 6.10 Å². The normalized spacial score (nSPS) is 13.8. The van der Waals surface area contributed by atoms with Crippen molar-refractivity contribution in [2.45, 2.75) is 32.4 Å². The minimum Gasteiger partial charge on any atom is -0.504 e. The minimum atomic E-state index is -0.703. The number of β-amino-alcohol motifs (C(OH)–C–C–N with tert-alkyl or cyclic N) is 1. The van der Waals surface area contributed by atoms with E-state index in [9.17, 15) is 10.2 Å². The van der Waals surface area contributed by atoms with Crippen molar-refractivity contribution < 1.29 is 15.3 Å². The van der Waals surface area contributed by atoms with E-state index in [1.54, 1.807) is 6.07 Å². The highest BCUT2D eigenvalue weighted by atomic mass is 16.3. The van der Waals surface area contributed by atoms with Gasteiger partial charge in [0.2, 0.25) is 0 Å². The van der Waals surface area contributed by atoms with E-state index >= 15 is 0 Å². The van der Waals surface area contributed by atoms with Crippen LogP contribution in [0.2, 0.25) is 0 Å². The SMILES string of the molecule is CC(C)(C)NC[C@H](O)c1ccc(O)c(O)c1. The Bertz CT molecular complexity index is 358. The number of aliphatic hydroxyl groups excluding tert-OH is 1. The van der Waals surface area contributed by atoms with E-state index in [0.29, 0.717) is 12.1 Å².